The van der Waals surface area contributed by atoms with Crippen molar-refractivity contribution in [1.29, 1.82) is 0 Å². The molecule has 1 saturated heterocycles. The molecule has 3 heterocycles. The first-order chi connectivity index (χ1) is 14.1. The van der Waals surface area contributed by atoms with Crippen molar-refractivity contribution in [3.63, 3.8) is 0 Å². The Morgan fingerprint density at radius 1 is 1.21 bits per heavy atom. The predicted octanol–water partition coefficient (Wildman–Crippen LogP) is 2.65. The summed E-state index contributed by atoms with van der Waals surface area (Å²) < 4.78 is 0. The van der Waals surface area contributed by atoms with Gasteiger partial charge in [-0.15, -0.1) is 0 Å². The largest absolute Gasteiger partial charge is 0.465 e. The maximum Gasteiger partial charge on any atom is 0.407 e. The van der Waals surface area contributed by atoms with Gasteiger partial charge in [-0.05, 0) is 50.1 Å². The third-order valence-corrected chi connectivity index (χ3v) is 6.12. The van der Waals surface area contributed by atoms with Crippen LogP contribution in [0.2, 0.25) is 0 Å². The third-order valence-electron chi connectivity index (χ3n) is 6.12. The fourth-order valence-corrected chi connectivity index (χ4v) is 4.67. The first-order valence-electron chi connectivity index (χ1n) is 10.4. The molecule has 1 amide bonds. The molecule has 154 valence electrons. The lowest BCUT2D eigenvalue weighted by atomic mass is 9.91. The van der Waals surface area contributed by atoms with E-state index in [1.54, 1.807) is 4.90 Å². The maximum absolute atomic E-state index is 11.9. The maximum atomic E-state index is 11.9. The van der Waals surface area contributed by atoms with Crippen molar-refractivity contribution in [3.05, 3.63) is 59.7 Å². The highest BCUT2D eigenvalue weighted by atomic mass is 16.4. The van der Waals surface area contributed by atoms with Gasteiger partial charge >= 0.3 is 6.09 Å². The van der Waals surface area contributed by atoms with Crippen molar-refractivity contribution < 1.29 is 9.90 Å². The van der Waals surface area contributed by atoms with E-state index in [-0.39, 0.29) is 12.1 Å². The van der Waals surface area contributed by atoms with E-state index in [0.29, 0.717) is 13.1 Å². The molecule has 0 radical (unpaired) electrons. The minimum absolute atomic E-state index is 0.0657. The number of fused-ring (bicyclic) bond motifs is 1. The summed E-state index contributed by atoms with van der Waals surface area (Å²) in [7, 11) is 2.10. The molecule has 7 heteroatoms. The van der Waals surface area contributed by atoms with E-state index in [2.05, 4.69) is 32.9 Å². The standard InChI is InChI=1S/C22H29N5O2/c1-25(20-9-4-6-17-7-5-11-24-21(17)20)15-19-16-26(12-13-27(19)22(28)29)14-18-8-2-3-10-23-18/h2-3,5,7-8,10-11,19-20H,4,6,9,12-16H2,1H3,(H,28,29). The third kappa shape index (κ3) is 4.57. The predicted molar refractivity (Wildman–Crippen MR) is 111 cm³/mol. The molecule has 29 heavy (non-hydrogen) atoms. The van der Waals surface area contributed by atoms with Gasteiger partial charge in [0.2, 0.25) is 0 Å². The van der Waals surface area contributed by atoms with Gasteiger partial charge < -0.3 is 10.0 Å². The van der Waals surface area contributed by atoms with E-state index < -0.39 is 6.09 Å². The van der Waals surface area contributed by atoms with Gasteiger partial charge in [-0.3, -0.25) is 19.8 Å². The SMILES string of the molecule is CN(CC1CN(Cc2ccccn2)CCN1C(=O)O)C1CCCc2cccnc21. The summed E-state index contributed by atoms with van der Waals surface area (Å²) in [6, 6.07) is 10.3. The summed E-state index contributed by atoms with van der Waals surface area (Å²) in [6.07, 6.45) is 6.13. The zero-order valence-corrected chi connectivity index (χ0v) is 16.9. The topological polar surface area (TPSA) is 72.8 Å². The summed E-state index contributed by atoms with van der Waals surface area (Å²) in [5, 5.41) is 9.73. The van der Waals surface area contributed by atoms with Crippen LogP contribution in [0.15, 0.2) is 42.7 Å². The van der Waals surface area contributed by atoms with Crippen molar-refractivity contribution in [2.75, 3.05) is 33.2 Å². The fraction of sp³-hybridized carbons (Fsp3) is 0.500. The molecule has 2 atom stereocenters. The number of nitrogens with zero attached hydrogens (tertiary/aromatic N) is 5. The summed E-state index contributed by atoms with van der Waals surface area (Å²) in [5.74, 6) is 0. The van der Waals surface area contributed by atoms with Crippen molar-refractivity contribution in [1.82, 2.24) is 24.7 Å². The number of likely N-dealkylation sites (N-methyl/N-ethyl adjacent to an activating group) is 1. The number of carboxylic acid groups (broad SMARTS) is 1. The van der Waals surface area contributed by atoms with Crippen molar-refractivity contribution >= 4 is 6.09 Å². The number of hydrogen-bond acceptors (Lipinski definition) is 5. The Morgan fingerprint density at radius 2 is 2.07 bits per heavy atom. The van der Waals surface area contributed by atoms with Crippen LogP contribution in [0.4, 0.5) is 4.79 Å². The average molecular weight is 396 g/mol. The lowest BCUT2D eigenvalue weighted by molar-refractivity contribution is 0.0423. The molecule has 2 unspecified atom stereocenters. The zero-order chi connectivity index (χ0) is 20.2. The molecule has 2 aliphatic rings. The van der Waals surface area contributed by atoms with Gasteiger partial charge in [-0.25, -0.2) is 4.79 Å². The average Bonchev–Trinajstić information content (AvgIpc) is 2.74. The first-order valence-corrected chi connectivity index (χ1v) is 10.4. The second-order valence-electron chi connectivity index (χ2n) is 8.08. The molecule has 0 aromatic carbocycles. The lowest BCUT2D eigenvalue weighted by Gasteiger charge is -2.43. The van der Waals surface area contributed by atoms with Crippen LogP contribution in [0.5, 0.6) is 0 Å². The normalized spacial score (nSPS) is 22.5. The molecule has 0 spiro atoms. The van der Waals surface area contributed by atoms with E-state index in [4.69, 9.17) is 0 Å². The minimum Gasteiger partial charge on any atom is -0.465 e. The molecular weight excluding hydrogens is 366 g/mol. The number of amides is 1. The highest BCUT2D eigenvalue weighted by molar-refractivity contribution is 5.65. The number of pyridine rings is 2. The Bertz CT molecular complexity index is 831. The molecule has 1 aliphatic heterocycles. The molecule has 0 saturated carbocycles. The molecule has 1 fully saturated rings. The molecule has 2 aromatic rings. The van der Waals surface area contributed by atoms with E-state index in [1.807, 2.05) is 36.7 Å². The number of aromatic nitrogens is 2. The number of aryl methyl sites for hydroxylation is 1. The van der Waals surface area contributed by atoms with E-state index in [9.17, 15) is 9.90 Å². The Labute approximate surface area is 172 Å². The number of carbonyl (C=O) groups is 1. The van der Waals surface area contributed by atoms with Gasteiger partial charge in [-0.1, -0.05) is 12.1 Å². The summed E-state index contributed by atoms with van der Waals surface area (Å²) in [4.78, 5) is 27.1. The summed E-state index contributed by atoms with van der Waals surface area (Å²) in [6.45, 7) is 3.43. The van der Waals surface area contributed by atoms with Gasteiger partial charge in [0, 0.05) is 45.1 Å². The van der Waals surface area contributed by atoms with E-state index >= 15 is 0 Å². The Kier molecular flexibility index (Phi) is 6.06. The summed E-state index contributed by atoms with van der Waals surface area (Å²) in [5.41, 5.74) is 3.50. The smallest absolute Gasteiger partial charge is 0.407 e. The van der Waals surface area contributed by atoms with Crippen molar-refractivity contribution in [2.45, 2.75) is 37.9 Å². The Balaban J connectivity index is 1.46. The van der Waals surface area contributed by atoms with E-state index in [1.165, 1.54) is 5.56 Å². The second kappa shape index (κ2) is 8.88. The van der Waals surface area contributed by atoms with Crippen LogP contribution in [-0.4, -0.2) is 75.1 Å². The van der Waals surface area contributed by atoms with Crippen LogP contribution in [0.25, 0.3) is 0 Å². The van der Waals surface area contributed by atoms with Crippen LogP contribution in [0.1, 0.15) is 35.8 Å². The fourth-order valence-electron chi connectivity index (χ4n) is 4.67. The van der Waals surface area contributed by atoms with Crippen molar-refractivity contribution in [2.24, 2.45) is 0 Å². The molecule has 7 nitrogen and oxygen atoms in total. The van der Waals surface area contributed by atoms with Gasteiger partial charge in [0.05, 0.1) is 23.5 Å². The van der Waals surface area contributed by atoms with Crippen molar-refractivity contribution in [3.8, 4) is 0 Å². The molecule has 2 aromatic heterocycles. The van der Waals surface area contributed by atoms with Gasteiger partial charge in [0.15, 0.2) is 0 Å². The molecule has 1 aliphatic carbocycles. The summed E-state index contributed by atoms with van der Waals surface area (Å²) >= 11 is 0. The minimum atomic E-state index is -0.831. The Hall–Kier alpha value is -2.51. The molecule has 4 rings (SSSR count). The molecular formula is C22H29N5O2. The highest BCUT2D eigenvalue weighted by Crippen LogP contribution is 2.32. The number of piperazine rings is 1. The van der Waals surface area contributed by atoms with E-state index in [0.717, 1.165) is 50.3 Å². The monoisotopic (exact) mass is 395 g/mol. The van der Waals surface area contributed by atoms with Crippen LogP contribution in [0, 0.1) is 0 Å². The molecule has 0 bridgehead atoms. The second-order valence-corrected chi connectivity index (χ2v) is 8.08. The van der Waals surface area contributed by atoms with Crippen LogP contribution in [-0.2, 0) is 13.0 Å². The van der Waals surface area contributed by atoms with Gasteiger partial charge in [-0.2, -0.15) is 0 Å². The number of rotatable bonds is 5. The van der Waals surface area contributed by atoms with Crippen LogP contribution in [0.3, 0.4) is 0 Å². The Morgan fingerprint density at radius 3 is 2.86 bits per heavy atom. The first kappa shape index (κ1) is 19.8. The molecule has 1 N–H and O–H groups in total. The highest BCUT2D eigenvalue weighted by Gasteiger charge is 2.34. The van der Waals surface area contributed by atoms with Crippen LogP contribution < -0.4 is 0 Å². The number of hydrogen-bond donors (Lipinski definition) is 1. The van der Waals surface area contributed by atoms with Gasteiger partial charge in [0.1, 0.15) is 0 Å². The van der Waals surface area contributed by atoms with Crippen LogP contribution >= 0.6 is 0 Å². The lowest BCUT2D eigenvalue weighted by Crippen LogP contribution is -2.58. The quantitative estimate of drug-likeness (QED) is 0.839. The zero-order valence-electron chi connectivity index (χ0n) is 16.9. The van der Waals surface area contributed by atoms with Gasteiger partial charge in [0.25, 0.3) is 0 Å².